The second-order valence-corrected chi connectivity index (χ2v) is 14.9. The van der Waals surface area contributed by atoms with Gasteiger partial charge in [-0.3, -0.25) is 9.59 Å². The zero-order chi connectivity index (χ0) is 32.0. The van der Waals surface area contributed by atoms with E-state index in [-0.39, 0.29) is 56.9 Å². The minimum Gasteiger partial charge on any atom is -1.00 e. The van der Waals surface area contributed by atoms with Crippen LogP contribution in [0.5, 0.6) is 0 Å². The minimum absolute atomic E-state index is 0. The standard InChI is InChI=1S/C36H44N3O5S.BrH/c1-6-34(4)20-28(35(5)23(2)12-16-36(24(3)31(34)42)17-13-27(40)30(35)36)43-29(41)22-45-33-38-37-32(44-33)26-14-18-39(19-15-26)21-25-10-8-7-9-11-25;/h6-11,14-15,18-19,23-24,28,30-31,42H,1,12-13,16-17,20-22H2,2-5H3;1H/q+1;/p-1/t23-,24+,28-,30+,31+,34-,35+,36+;/m1./s1. The first-order valence-electron chi connectivity index (χ1n) is 16.0. The predicted octanol–water partition coefficient (Wildman–Crippen LogP) is 3.08. The summed E-state index contributed by atoms with van der Waals surface area (Å²) in [6, 6.07) is 14.1. The van der Waals surface area contributed by atoms with Crippen LogP contribution in [0.2, 0.25) is 0 Å². The van der Waals surface area contributed by atoms with E-state index in [1.54, 1.807) is 0 Å². The van der Waals surface area contributed by atoms with Gasteiger partial charge in [0.2, 0.25) is 5.89 Å². The van der Waals surface area contributed by atoms with Gasteiger partial charge >= 0.3 is 5.97 Å². The fraction of sp³-hybridized carbons (Fsp3) is 0.528. The van der Waals surface area contributed by atoms with Crippen LogP contribution in [0.4, 0.5) is 0 Å². The van der Waals surface area contributed by atoms with Gasteiger partial charge in [0.05, 0.1) is 11.7 Å². The van der Waals surface area contributed by atoms with E-state index in [4.69, 9.17) is 9.15 Å². The number of aliphatic hydroxyl groups excluding tert-OH is 1. The topological polar surface area (TPSA) is 106 Å². The number of ketones is 1. The molecule has 0 aliphatic heterocycles. The number of thioether (sulfide) groups is 1. The summed E-state index contributed by atoms with van der Waals surface area (Å²) < 4.78 is 14.3. The summed E-state index contributed by atoms with van der Waals surface area (Å²) in [6.07, 6.45) is 8.03. The minimum atomic E-state index is -0.695. The number of aromatic nitrogens is 3. The average Bonchev–Trinajstić information content (AvgIpc) is 3.67. The van der Waals surface area contributed by atoms with E-state index in [0.29, 0.717) is 18.7 Å². The Balaban J connectivity index is 0.00000417. The molecule has 10 heteroatoms. The summed E-state index contributed by atoms with van der Waals surface area (Å²) in [5.41, 5.74) is 0.471. The molecule has 1 N–H and O–H groups in total. The van der Waals surface area contributed by atoms with Crippen molar-refractivity contribution in [1.29, 1.82) is 0 Å². The summed E-state index contributed by atoms with van der Waals surface area (Å²) in [5.74, 6) is 0.0525. The Kier molecular flexibility index (Phi) is 10.0. The Bertz CT molecular complexity index is 1570. The first kappa shape index (κ1) is 34.5. The molecule has 246 valence electrons. The van der Waals surface area contributed by atoms with E-state index in [0.717, 1.165) is 43.1 Å². The SMILES string of the molecule is C=C[C@]1(C)C[C@@H](OC(=O)CSc2nnc(-c3cc[n+](Cc4ccccc4)cc3)o2)[C@]2(C)[C@H](C)CC[C@]3(CCC(=O)[C@H]32)[C@@H](C)[C@@H]1O.[Br-]. The van der Waals surface area contributed by atoms with Gasteiger partial charge < -0.3 is 31.2 Å². The molecule has 8 atom stereocenters. The number of rotatable bonds is 8. The summed E-state index contributed by atoms with van der Waals surface area (Å²) in [7, 11) is 0. The smallest absolute Gasteiger partial charge is 0.316 e. The van der Waals surface area contributed by atoms with Crippen LogP contribution in [-0.2, 0) is 20.9 Å². The number of Topliss-reactive ketones (excluding diaryl/α,β-unsaturated/α-hetero) is 1. The number of ether oxygens (including phenoxy) is 1. The Morgan fingerprint density at radius 2 is 1.87 bits per heavy atom. The lowest BCUT2D eigenvalue weighted by Gasteiger charge is -2.61. The highest BCUT2D eigenvalue weighted by Gasteiger charge is 2.68. The van der Waals surface area contributed by atoms with E-state index >= 15 is 0 Å². The van der Waals surface area contributed by atoms with Gasteiger partial charge in [-0.15, -0.1) is 16.8 Å². The number of carbonyl (C=O) groups is 2. The van der Waals surface area contributed by atoms with Crippen molar-refractivity contribution < 1.29 is 45.4 Å². The summed E-state index contributed by atoms with van der Waals surface area (Å²) in [5, 5.41) is 20.3. The van der Waals surface area contributed by atoms with Crippen molar-refractivity contribution in [2.24, 2.45) is 34.0 Å². The maximum Gasteiger partial charge on any atom is 0.316 e. The van der Waals surface area contributed by atoms with Crippen molar-refractivity contribution in [2.45, 2.75) is 83.8 Å². The van der Waals surface area contributed by atoms with Crippen molar-refractivity contribution in [3.8, 4) is 11.5 Å². The van der Waals surface area contributed by atoms with E-state index in [9.17, 15) is 14.7 Å². The number of nitrogens with zero attached hydrogens (tertiary/aromatic N) is 3. The van der Waals surface area contributed by atoms with Crippen LogP contribution >= 0.6 is 11.8 Å². The molecule has 2 bridgehead atoms. The Labute approximate surface area is 286 Å². The van der Waals surface area contributed by atoms with Gasteiger partial charge in [-0.2, -0.15) is 0 Å². The molecule has 3 saturated carbocycles. The van der Waals surface area contributed by atoms with E-state index in [1.807, 2.05) is 55.7 Å². The zero-order valence-corrected chi connectivity index (χ0v) is 29.4. The Morgan fingerprint density at radius 3 is 2.57 bits per heavy atom. The van der Waals surface area contributed by atoms with Crippen molar-refractivity contribution in [3.63, 3.8) is 0 Å². The number of esters is 1. The van der Waals surface area contributed by atoms with Crippen molar-refractivity contribution in [1.82, 2.24) is 10.2 Å². The van der Waals surface area contributed by atoms with Crippen LogP contribution in [0, 0.1) is 34.0 Å². The first-order valence-corrected chi connectivity index (χ1v) is 17.0. The molecule has 2 aromatic heterocycles. The largest absolute Gasteiger partial charge is 1.00 e. The first-order chi connectivity index (χ1) is 21.5. The lowest BCUT2D eigenvalue weighted by Crippen LogP contribution is -3.00. The quantitative estimate of drug-likeness (QED) is 0.165. The van der Waals surface area contributed by atoms with Gasteiger partial charge in [0.25, 0.3) is 5.22 Å². The number of benzene rings is 1. The summed E-state index contributed by atoms with van der Waals surface area (Å²) in [6.45, 7) is 13.3. The maximum atomic E-state index is 13.6. The highest BCUT2D eigenvalue weighted by Crippen LogP contribution is 2.68. The molecule has 1 aromatic carbocycles. The number of hydrogen-bond acceptors (Lipinski definition) is 8. The molecule has 2 heterocycles. The molecule has 6 rings (SSSR count). The van der Waals surface area contributed by atoms with Gasteiger partial charge in [-0.05, 0) is 42.9 Å². The third-order valence-electron chi connectivity index (χ3n) is 11.6. The summed E-state index contributed by atoms with van der Waals surface area (Å²) in [4.78, 5) is 27.1. The van der Waals surface area contributed by atoms with Crippen LogP contribution < -0.4 is 21.5 Å². The number of carbonyl (C=O) groups excluding carboxylic acids is 2. The lowest BCUT2D eigenvalue weighted by molar-refractivity contribution is -0.688. The number of aliphatic hydroxyl groups is 1. The maximum absolute atomic E-state index is 13.6. The average molecular weight is 711 g/mol. The molecule has 0 spiro atoms. The van der Waals surface area contributed by atoms with Gasteiger partial charge in [0.1, 0.15) is 17.6 Å². The fourth-order valence-electron chi connectivity index (χ4n) is 8.70. The molecule has 0 amide bonds. The third-order valence-corrected chi connectivity index (χ3v) is 12.4. The van der Waals surface area contributed by atoms with Crippen molar-refractivity contribution in [3.05, 3.63) is 73.1 Å². The molecule has 0 unspecified atom stereocenters. The second kappa shape index (κ2) is 13.4. The van der Waals surface area contributed by atoms with E-state index in [1.165, 1.54) is 5.56 Å². The van der Waals surface area contributed by atoms with Crippen LogP contribution in [0.25, 0.3) is 11.5 Å². The zero-order valence-electron chi connectivity index (χ0n) is 27.0. The Morgan fingerprint density at radius 1 is 1.15 bits per heavy atom. The molecule has 46 heavy (non-hydrogen) atoms. The van der Waals surface area contributed by atoms with Gasteiger partial charge in [0, 0.05) is 40.9 Å². The fourth-order valence-corrected chi connectivity index (χ4v) is 9.24. The van der Waals surface area contributed by atoms with Crippen LogP contribution in [0.3, 0.4) is 0 Å². The summed E-state index contributed by atoms with van der Waals surface area (Å²) >= 11 is 1.14. The third kappa shape index (κ3) is 6.01. The molecule has 0 saturated heterocycles. The van der Waals surface area contributed by atoms with Crippen LogP contribution in [0.15, 0.2) is 77.2 Å². The van der Waals surface area contributed by atoms with Crippen LogP contribution in [0.1, 0.15) is 65.4 Å². The number of halogens is 1. The monoisotopic (exact) mass is 709 g/mol. The molecule has 3 aliphatic rings. The molecular weight excluding hydrogens is 666 g/mol. The highest BCUT2D eigenvalue weighted by molar-refractivity contribution is 7.99. The lowest BCUT2D eigenvalue weighted by atomic mass is 9.44. The van der Waals surface area contributed by atoms with Crippen LogP contribution in [-0.4, -0.2) is 45.0 Å². The molecule has 8 nitrogen and oxygen atoms in total. The molecule has 3 aromatic rings. The molecule has 3 fully saturated rings. The van der Waals surface area contributed by atoms with Crippen molar-refractivity contribution in [2.75, 3.05) is 5.75 Å². The normalized spacial score (nSPS) is 33.7. The Hall–Kier alpha value is -2.82. The van der Waals surface area contributed by atoms with Gasteiger partial charge in [-0.1, -0.05) is 75.9 Å². The molecular formula is C36H44BrN3O5S. The second-order valence-electron chi connectivity index (χ2n) is 14.0. The molecule has 3 aliphatic carbocycles. The molecule has 0 radical (unpaired) electrons. The van der Waals surface area contributed by atoms with Crippen molar-refractivity contribution >= 4 is 23.5 Å². The van der Waals surface area contributed by atoms with E-state index < -0.39 is 29.0 Å². The number of pyridine rings is 1. The van der Waals surface area contributed by atoms with Gasteiger partial charge in [-0.25, -0.2) is 4.57 Å². The predicted molar refractivity (Wildman–Crippen MR) is 171 cm³/mol. The van der Waals surface area contributed by atoms with Gasteiger partial charge in [0.15, 0.2) is 18.9 Å². The highest BCUT2D eigenvalue weighted by atomic mass is 79.9. The number of hydrogen-bond donors (Lipinski definition) is 1. The van der Waals surface area contributed by atoms with E-state index in [2.05, 4.69) is 54.2 Å².